The van der Waals surface area contributed by atoms with E-state index in [1.807, 2.05) is 24.3 Å². The van der Waals surface area contributed by atoms with Gasteiger partial charge < -0.3 is 10.1 Å². The largest absolute Gasteiger partial charge is 0.495 e. The van der Waals surface area contributed by atoms with Gasteiger partial charge in [-0.3, -0.25) is 9.69 Å². The summed E-state index contributed by atoms with van der Waals surface area (Å²) in [5.41, 5.74) is 0.700. The number of carbonyl (C=O) groups is 1. The van der Waals surface area contributed by atoms with Gasteiger partial charge in [0.2, 0.25) is 5.91 Å². The van der Waals surface area contributed by atoms with Gasteiger partial charge >= 0.3 is 0 Å². The van der Waals surface area contributed by atoms with Crippen molar-refractivity contribution in [3.8, 4) is 18.1 Å². The monoisotopic (exact) mass is 272 g/mol. The highest BCUT2D eigenvalue weighted by Crippen LogP contribution is 2.25. The molecule has 0 spiro atoms. The molecule has 1 aromatic rings. The first kappa shape index (κ1) is 14.4. The van der Waals surface area contributed by atoms with Crippen molar-refractivity contribution in [3.63, 3.8) is 0 Å². The van der Waals surface area contributed by atoms with Crippen LogP contribution in [0.25, 0.3) is 0 Å². The molecule has 0 aromatic heterocycles. The van der Waals surface area contributed by atoms with Crippen LogP contribution in [-0.4, -0.2) is 37.0 Å². The topological polar surface area (TPSA) is 41.6 Å². The van der Waals surface area contributed by atoms with Gasteiger partial charge in [-0.1, -0.05) is 24.5 Å². The number of hydrogen-bond donors (Lipinski definition) is 1. The zero-order chi connectivity index (χ0) is 14.4. The number of ether oxygens (including phenoxy) is 1. The van der Waals surface area contributed by atoms with Crippen LogP contribution in [0.5, 0.6) is 5.75 Å². The summed E-state index contributed by atoms with van der Waals surface area (Å²) in [6, 6.07) is 7.27. The summed E-state index contributed by atoms with van der Waals surface area (Å²) >= 11 is 0. The van der Waals surface area contributed by atoms with Gasteiger partial charge in [0.15, 0.2) is 0 Å². The van der Waals surface area contributed by atoms with Gasteiger partial charge in [0.25, 0.3) is 0 Å². The lowest BCUT2D eigenvalue weighted by molar-refractivity contribution is -0.122. The van der Waals surface area contributed by atoms with Crippen LogP contribution >= 0.6 is 0 Å². The van der Waals surface area contributed by atoms with Crippen LogP contribution in [0.1, 0.15) is 19.3 Å². The van der Waals surface area contributed by atoms with Crippen molar-refractivity contribution < 1.29 is 9.53 Å². The fourth-order valence-electron chi connectivity index (χ4n) is 2.56. The molecule has 1 fully saturated rings. The molecule has 0 unspecified atom stereocenters. The van der Waals surface area contributed by atoms with Gasteiger partial charge in [0, 0.05) is 0 Å². The number of likely N-dealkylation sites (tertiary alicyclic amines) is 1. The molecule has 0 saturated carbocycles. The first-order valence-electron chi connectivity index (χ1n) is 6.87. The first-order chi connectivity index (χ1) is 9.76. The lowest BCUT2D eigenvalue weighted by Gasteiger charge is -2.33. The standard InChI is InChI=1S/C16H20N2O2/c1-3-11-18-12-7-6-9-14(18)16(19)17-13-8-4-5-10-15(13)20-2/h1,4-5,8,10,14H,6-7,9,11-12H2,2H3,(H,17,19)/t14-/m0/s1. The quantitative estimate of drug-likeness (QED) is 0.854. The summed E-state index contributed by atoms with van der Waals surface area (Å²) in [5, 5.41) is 2.95. The number of terminal acetylenes is 1. The van der Waals surface area contributed by atoms with Gasteiger partial charge in [-0.25, -0.2) is 0 Å². The molecule has 2 rings (SSSR count). The van der Waals surface area contributed by atoms with E-state index in [1.165, 1.54) is 0 Å². The number of para-hydroxylation sites is 2. The maximum absolute atomic E-state index is 12.4. The van der Waals surface area contributed by atoms with Gasteiger partial charge in [0.05, 0.1) is 25.4 Å². The molecule has 106 valence electrons. The van der Waals surface area contributed by atoms with E-state index >= 15 is 0 Å². The third-order valence-corrected chi connectivity index (χ3v) is 3.58. The summed E-state index contributed by atoms with van der Waals surface area (Å²) in [7, 11) is 1.59. The van der Waals surface area contributed by atoms with Gasteiger partial charge in [0.1, 0.15) is 5.75 Å². The zero-order valence-corrected chi connectivity index (χ0v) is 11.8. The van der Waals surface area contributed by atoms with Crippen LogP contribution in [-0.2, 0) is 4.79 Å². The highest BCUT2D eigenvalue weighted by atomic mass is 16.5. The molecule has 1 amide bonds. The molecule has 1 N–H and O–H groups in total. The number of nitrogens with zero attached hydrogens (tertiary/aromatic N) is 1. The maximum atomic E-state index is 12.4. The van der Waals surface area contributed by atoms with E-state index in [0.29, 0.717) is 18.0 Å². The summed E-state index contributed by atoms with van der Waals surface area (Å²) in [6.07, 6.45) is 8.38. The second-order valence-corrected chi connectivity index (χ2v) is 4.88. The van der Waals surface area contributed by atoms with Crippen LogP contribution < -0.4 is 10.1 Å². The Bertz CT molecular complexity index is 507. The summed E-state index contributed by atoms with van der Waals surface area (Å²) < 4.78 is 5.25. The number of methoxy groups -OCH3 is 1. The normalized spacial score (nSPS) is 19.1. The molecule has 0 aliphatic carbocycles. The lowest BCUT2D eigenvalue weighted by atomic mass is 10.0. The number of carbonyl (C=O) groups excluding carboxylic acids is 1. The smallest absolute Gasteiger partial charge is 0.241 e. The molecular formula is C16H20N2O2. The Balaban J connectivity index is 2.08. The molecule has 1 aliphatic heterocycles. The molecule has 0 bridgehead atoms. The SMILES string of the molecule is C#CCN1CCCC[C@H]1C(=O)Nc1ccccc1OC. The molecule has 1 atom stereocenters. The minimum absolute atomic E-state index is 0.00977. The number of nitrogens with one attached hydrogen (secondary N) is 1. The van der Waals surface area contributed by atoms with E-state index in [2.05, 4.69) is 16.1 Å². The fraction of sp³-hybridized carbons (Fsp3) is 0.438. The summed E-state index contributed by atoms with van der Waals surface area (Å²) in [4.78, 5) is 14.5. The molecule has 1 aromatic carbocycles. The number of rotatable bonds is 4. The third-order valence-electron chi connectivity index (χ3n) is 3.58. The minimum atomic E-state index is -0.148. The van der Waals surface area contributed by atoms with E-state index in [-0.39, 0.29) is 11.9 Å². The van der Waals surface area contributed by atoms with E-state index in [4.69, 9.17) is 11.2 Å². The second-order valence-electron chi connectivity index (χ2n) is 4.88. The highest BCUT2D eigenvalue weighted by molar-refractivity contribution is 5.96. The average Bonchev–Trinajstić information content (AvgIpc) is 2.48. The third kappa shape index (κ3) is 3.31. The molecule has 4 heteroatoms. The number of piperidine rings is 1. The molecule has 1 saturated heterocycles. The Kier molecular flexibility index (Phi) is 5.03. The van der Waals surface area contributed by atoms with Crippen LogP contribution in [0, 0.1) is 12.3 Å². The van der Waals surface area contributed by atoms with Crippen molar-refractivity contribution in [2.45, 2.75) is 25.3 Å². The lowest BCUT2D eigenvalue weighted by Crippen LogP contribution is -2.47. The summed E-state index contributed by atoms with van der Waals surface area (Å²) in [6.45, 7) is 1.40. The van der Waals surface area contributed by atoms with Crippen LogP contribution in [0.15, 0.2) is 24.3 Å². The molecule has 1 heterocycles. The van der Waals surface area contributed by atoms with Crippen LogP contribution in [0.2, 0.25) is 0 Å². The van der Waals surface area contributed by atoms with Crippen LogP contribution in [0.4, 0.5) is 5.69 Å². The molecular weight excluding hydrogens is 252 g/mol. The maximum Gasteiger partial charge on any atom is 0.241 e. The number of benzene rings is 1. The Morgan fingerprint density at radius 1 is 1.50 bits per heavy atom. The first-order valence-corrected chi connectivity index (χ1v) is 6.87. The minimum Gasteiger partial charge on any atom is -0.495 e. The van der Waals surface area contributed by atoms with E-state index in [0.717, 1.165) is 25.8 Å². The van der Waals surface area contributed by atoms with E-state index in [9.17, 15) is 4.79 Å². The van der Waals surface area contributed by atoms with Gasteiger partial charge in [-0.05, 0) is 31.5 Å². The average molecular weight is 272 g/mol. The Hall–Kier alpha value is -1.99. The Morgan fingerprint density at radius 2 is 2.30 bits per heavy atom. The zero-order valence-electron chi connectivity index (χ0n) is 11.8. The van der Waals surface area contributed by atoms with Crippen molar-refractivity contribution in [1.82, 2.24) is 4.90 Å². The summed E-state index contributed by atoms with van der Waals surface area (Å²) in [5.74, 6) is 3.29. The predicted octanol–water partition coefficient (Wildman–Crippen LogP) is 2.12. The molecule has 1 aliphatic rings. The van der Waals surface area contributed by atoms with Crippen molar-refractivity contribution >= 4 is 11.6 Å². The van der Waals surface area contributed by atoms with Gasteiger partial charge in [-0.2, -0.15) is 0 Å². The second kappa shape index (κ2) is 6.97. The highest BCUT2D eigenvalue weighted by Gasteiger charge is 2.28. The molecule has 0 radical (unpaired) electrons. The number of amides is 1. The van der Waals surface area contributed by atoms with Gasteiger partial charge in [-0.15, -0.1) is 6.42 Å². The van der Waals surface area contributed by atoms with Crippen LogP contribution in [0.3, 0.4) is 0 Å². The fourth-order valence-corrected chi connectivity index (χ4v) is 2.56. The number of hydrogen-bond acceptors (Lipinski definition) is 3. The van der Waals surface area contributed by atoms with Crippen molar-refractivity contribution in [3.05, 3.63) is 24.3 Å². The molecule has 20 heavy (non-hydrogen) atoms. The molecule has 4 nitrogen and oxygen atoms in total. The van der Waals surface area contributed by atoms with E-state index in [1.54, 1.807) is 7.11 Å². The Morgan fingerprint density at radius 3 is 3.05 bits per heavy atom. The predicted molar refractivity (Wildman–Crippen MR) is 79.7 cm³/mol. The number of anilines is 1. The van der Waals surface area contributed by atoms with Crippen molar-refractivity contribution in [2.24, 2.45) is 0 Å². The van der Waals surface area contributed by atoms with Crippen molar-refractivity contribution in [2.75, 3.05) is 25.5 Å². The van der Waals surface area contributed by atoms with Crippen molar-refractivity contribution in [1.29, 1.82) is 0 Å². The van der Waals surface area contributed by atoms with E-state index < -0.39 is 0 Å². The Labute approximate surface area is 120 Å².